The third-order valence-corrected chi connectivity index (χ3v) is 3.31. The number of hydrogen-bond donors (Lipinski definition) is 1. The van der Waals surface area contributed by atoms with Crippen molar-refractivity contribution in [3.8, 4) is 5.75 Å². The van der Waals surface area contributed by atoms with Gasteiger partial charge < -0.3 is 10.5 Å². The summed E-state index contributed by atoms with van der Waals surface area (Å²) in [5, 5.41) is 0.505. The van der Waals surface area contributed by atoms with Gasteiger partial charge in [0.25, 0.3) is 0 Å². The molecule has 0 amide bonds. The lowest BCUT2D eigenvalue weighted by Crippen LogP contribution is -2.13. The summed E-state index contributed by atoms with van der Waals surface area (Å²) in [6, 6.07) is 15.3. The first-order chi connectivity index (χ1) is 9.09. The lowest BCUT2D eigenvalue weighted by molar-refractivity contribution is 0.226. The molecular formula is C15H14ClNOS. The van der Waals surface area contributed by atoms with Crippen LogP contribution in [0.2, 0.25) is 5.02 Å². The third-order valence-electron chi connectivity index (χ3n) is 2.79. The maximum Gasteiger partial charge on any atom is 0.131 e. The van der Waals surface area contributed by atoms with Crippen LogP contribution in [-0.4, -0.2) is 4.99 Å². The average molecular weight is 292 g/mol. The normalized spacial score (nSPS) is 11.9. The molecule has 0 aromatic heterocycles. The Hall–Kier alpha value is -1.58. The topological polar surface area (TPSA) is 35.2 Å². The second-order valence-electron chi connectivity index (χ2n) is 4.15. The molecule has 1 atom stereocenters. The Labute approximate surface area is 123 Å². The fourth-order valence-corrected chi connectivity index (χ4v) is 2.36. The van der Waals surface area contributed by atoms with Gasteiger partial charge in [-0.3, -0.25) is 0 Å². The zero-order valence-corrected chi connectivity index (χ0v) is 12.0. The molecule has 0 fully saturated rings. The van der Waals surface area contributed by atoms with Crippen molar-refractivity contribution in [3.05, 3.63) is 64.7 Å². The van der Waals surface area contributed by atoms with Crippen molar-refractivity contribution in [1.29, 1.82) is 0 Å². The molecule has 4 heteroatoms. The van der Waals surface area contributed by atoms with Gasteiger partial charge in [0, 0.05) is 0 Å². The van der Waals surface area contributed by atoms with E-state index in [9.17, 15) is 0 Å². The molecule has 98 valence electrons. The minimum atomic E-state index is -0.104. The molecular weight excluding hydrogens is 278 g/mol. The minimum Gasteiger partial charge on any atom is -0.485 e. The second kappa shape index (κ2) is 6.04. The van der Waals surface area contributed by atoms with E-state index in [4.69, 9.17) is 34.3 Å². The van der Waals surface area contributed by atoms with Gasteiger partial charge in [0.2, 0.25) is 0 Å². The summed E-state index contributed by atoms with van der Waals surface area (Å²) in [4.78, 5) is 0.237. The summed E-state index contributed by atoms with van der Waals surface area (Å²) in [6.07, 6.45) is -0.104. The van der Waals surface area contributed by atoms with E-state index in [0.29, 0.717) is 16.3 Å². The van der Waals surface area contributed by atoms with E-state index in [-0.39, 0.29) is 11.1 Å². The molecule has 0 aliphatic carbocycles. The summed E-state index contributed by atoms with van der Waals surface area (Å²) in [6.45, 7) is 1.97. The highest BCUT2D eigenvalue weighted by Gasteiger charge is 2.14. The fraction of sp³-hybridized carbons (Fsp3) is 0.133. The Bertz CT molecular complexity index is 586. The van der Waals surface area contributed by atoms with Gasteiger partial charge in [-0.1, -0.05) is 60.2 Å². The first-order valence-corrected chi connectivity index (χ1v) is 6.68. The smallest absolute Gasteiger partial charge is 0.131 e. The predicted octanol–water partition coefficient (Wildman–Crippen LogP) is 4.11. The Morgan fingerprint density at radius 1 is 1.16 bits per heavy atom. The summed E-state index contributed by atoms with van der Waals surface area (Å²) >= 11 is 11.1. The summed E-state index contributed by atoms with van der Waals surface area (Å²) < 4.78 is 5.92. The van der Waals surface area contributed by atoms with Gasteiger partial charge in [0.05, 0.1) is 10.6 Å². The Morgan fingerprint density at radius 3 is 2.47 bits per heavy atom. The monoisotopic (exact) mass is 291 g/mol. The van der Waals surface area contributed by atoms with Crippen LogP contribution in [0.3, 0.4) is 0 Å². The van der Waals surface area contributed by atoms with Crippen LogP contribution in [0.15, 0.2) is 48.5 Å². The molecule has 0 bridgehead atoms. The number of benzene rings is 2. The number of nitrogens with two attached hydrogens (primary N) is 1. The Morgan fingerprint density at radius 2 is 1.84 bits per heavy atom. The van der Waals surface area contributed by atoms with Gasteiger partial charge in [-0.05, 0) is 24.6 Å². The molecule has 2 aromatic carbocycles. The van der Waals surface area contributed by atoms with Crippen molar-refractivity contribution < 1.29 is 4.74 Å². The van der Waals surface area contributed by atoms with Gasteiger partial charge >= 0.3 is 0 Å². The van der Waals surface area contributed by atoms with Gasteiger partial charge in [0.15, 0.2) is 0 Å². The molecule has 2 rings (SSSR count). The van der Waals surface area contributed by atoms with Crippen molar-refractivity contribution in [2.45, 2.75) is 13.0 Å². The van der Waals surface area contributed by atoms with E-state index in [2.05, 4.69) is 0 Å². The predicted molar refractivity (Wildman–Crippen MR) is 82.8 cm³/mol. The zero-order valence-electron chi connectivity index (χ0n) is 10.5. The number of hydrogen-bond acceptors (Lipinski definition) is 2. The minimum absolute atomic E-state index is 0.104. The Kier molecular flexibility index (Phi) is 4.40. The third kappa shape index (κ3) is 3.25. The SMILES string of the molecule is CC(Oc1cccc(Cl)c1C(N)=S)c1ccccc1. The van der Waals surface area contributed by atoms with Crippen LogP contribution in [0.25, 0.3) is 0 Å². The number of ether oxygens (including phenoxy) is 1. The lowest BCUT2D eigenvalue weighted by atomic mass is 10.1. The summed E-state index contributed by atoms with van der Waals surface area (Å²) in [5.74, 6) is 0.608. The summed E-state index contributed by atoms with van der Waals surface area (Å²) in [7, 11) is 0. The van der Waals surface area contributed by atoms with Crippen LogP contribution >= 0.6 is 23.8 Å². The molecule has 2 nitrogen and oxygen atoms in total. The van der Waals surface area contributed by atoms with Gasteiger partial charge in [-0.25, -0.2) is 0 Å². The maximum atomic E-state index is 6.11. The number of halogens is 1. The second-order valence-corrected chi connectivity index (χ2v) is 5.00. The van der Waals surface area contributed by atoms with Crippen LogP contribution in [0, 0.1) is 0 Å². The van der Waals surface area contributed by atoms with Crippen LogP contribution in [0.4, 0.5) is 0 Å². The highest BCUT2D eigenvalue weighted by molar-refractivity contribution is 7.80. The molecule has 0 saturated heterocycles. The van der Waals surface area contributed by atoms with Crippen molar-refractivity contribution in [2.24, 2.45) is 5.73 Å². The van der Waals surface area contributed by atoms with Crippen LogP contribution in [-0.2, 0) is 0 Å². The molecule has 19 heavy (non-hydrogen) atoms. The first-order valence-electron chi connectivity index (χ1n) is 5.89. The zero-order chi connectivity index (χ0) is 13.8. The van der Waals surface area contributed by atoms with Crippen molar-refractivity contribution >= 4 is 28.8 Å². The van der Waals surface area contributed by atoms with Crippen LogP contribution in [0.5, 0.6) is 5.75 Å². The highest BCUT2D eigenvalue weighted by Crippen LogP contribution is 2.30. The number of thiocarbonyl (C=S) groups is 1. The van der Waals surface area contributed by atoms with Gasteiger partial charge in [0.1, 0.15) is 16.8 Å². The van der Waals surface area contributed by atoms with Crippen molar-refractivity contribution in [2.75, 3.05) is 0 Å². The molecule has 2 aromatic rings. The van der Waals surface area contributed by atoms with E-state index in [1.165, 1.54) is 0 Å². The Balaban J connectivity index is 2.29. The lowest BCUT2D eigenvalue weighted by Gasteiger charge is -2.18. The molecule has 0 heterocycles. The van der Waals surface area contributed by atoms with Crippen LogP contribution in [0.1, 0.15) is 24.2 Å². The average Bonchev–Trinajstić information content (AvgIpc) is 2.39. The van der Waals surface area contributed by atoms with E-state index < -0.39 is 0 Å². The molecule has 0 spiro atoms. The molecule has 0 saturated carbocycles. The van der Waals surface area contributed by atoms with E-state index in [0.717, 1.165) is 5.56 Å². The van der Waals surface area contributed by atoms with E-state index in [1.54, 1.807) is 6.07 Å². The van der Waals surface area contributed by atoms with Gasteiger partial charge in [-0.2, -0.15) is 0 Å². The molecule has 0 aliphatic heterocycles. The molecule has 2 N–H and O–H groups in total. The maximum absolute atomic E-state index is 6.11. The van der Waals surface area contributed by atoms with E-state index >= 15 is 0 Å². The molecule has 1 unspecified atom stereocenters. The van der Waals surface area contributed by atoms with Crippen molar-refractivity contribution in [1.82, 2.24) is 0 Å². The largest absolute Gasteiger partial charge is 0.485 e. The van der Waals surface area contributed by atoms with Crippen molar-refractivity contribution in [3.63, 3.8) is 0 Å². The van der Waals surface area contributed by atoms with E-state index in [1.807, 2.05) is 49.4 Å². The molecule has 0 radical (unpaired) electrons. The van der Waals surface area contributed by atoms with Crippen LogP contribution < -0.4 is 10.5 Å². The molecule has 0 aliphatic rings. The quantitative estimate of drug-likeness (QED) is 0.861. The first kappa shape index (κ1) is 13.8. The standard InChI is InChI=1S/C15H14ClNOS/c1-10(11-6-3-2-4-7-11)18-13-9-5-8-12(16)14(13)15(17)19/h2-10H,1H3,(H2,17,19). The summed E-state index contributed by atoms with van der Waals surface area (Å²) in [5.41, 5.74) is 7.36. The highest BCUT2D eigenvalue weighted by atomic mass is 35.5. The van der Waals surface area contributed by atoms with Gasteiger partial charge in [-0.15, -0.1) is 0 Å². The number of rotatable bonds is 4. The fourth-order valence-electron chi connectivity index (χ4n) is 1.82.